The summed E-state index contributed by atoms with van der Waals surface area (Å²) in [4.78, 5) is 37.9. The number of aromatic nitrogens is 3. The quantitative estimate of drug-likeness (QED) is 0.357. The lowest BCUT2D eigenvalue weighted by atomic mass is 10.0. The van der Waals surface area contributed by atoms with Crippen LogP contribution >= 0.6 is 22.7 Å². The summed E-state index contributed by atoms with van der Waals surface area (Å²) in [5.41, 5.74) is 2.45. The molecule has 1 atom stereocenters. The van der Waals surface area contributed by atoms with E-state index in [4.69, 9.17) is 0 Å². The van der Waals surface area contributed by atoms with Crippen molar-refractivity contribution in [3.63, 3.8) is 0 Å². The van der Waals surface area contributed by atoms with Crippen molar-refractivity contribution in [1.82, 2.24) is 20.3 Å². The van der Waals surface area contributed by atoms with E-state index in [1.54, 1.807) is 11.4 Å². The SMILES string of the molecule is CC(C)CC(NC(=O)Cc1csc(NC(=O)c2cccs2)n1)c1nc2ccccc2[nH]1. The Balaban J connectivity index is 1.41. The van der Waals surface area contributed by atoms with E-state index in [0.29, 0.717) is 21.6 Å². The van der Waals surface area contributed by atoms with E-state index in [1.807, 2.05) is 35.7 Å². The lowest BCUT2D eigenvalue weighted by molar-refractivity contribution is -0.121. The molecule has 2 amide bonds. The van der Waals surface area contributed by atoms with Gasteiger partial charge < -0.3 is 10.3 Å². The highest BCUT2D eigenvalue weighted by Gasteiger charge is 2.20. The molecule has 31 heavy (non-hydrogen) atoms. The van der Waals surface area contributed by atoms with Gasteiger partial charge in [-0.2, -0.15) is 0 Å². The molecule has 0 fully saturated rings. The van der Waals surface area contributed by atoms with Crippen molar-refractivity contribution in [2.45, 2.75) is 32.7 Å². The first kappa shape index (κ1) is 21.2. The zero-order valence-electron chi connectivity index (χ0n) is 17.2. The maximum Gasteiger partial charge on any atom is 0.267 e. The Morgan fingerprint density at radius 1 is 1.10 bits per heavy atom. The highest BCUT2D eigenvalue weighted by Crippen LogP contribution is 2.23. The summed E-state index contributed by atoms with van der Waals surface area (Å²) in [7, 11) is 0. The standard InChI is InChI=1S/C22H23N5O2S2/c1-13(2)10-17(20-25-15-6-3-4-7-16(15)26-20)24-19(28)11-14-12-31-22(23-14)27-21(29)18-8-5-9-30-18/h3-9,12-13,17H,10-11H2,1-2H3,(H,24,28)(H,25,26)(H,23,27,29). The summed E-state index contributed by atoms with van der Waals surface area (Å²) in [5.74, 6) is 0.817. The van der Waals surface area contributed by atoms with E-state index in [1.165, 1.54) is 22.7 Å². The number of thiophene rings is 1. The molecule has 4 rings (SSSR count). The fourth-order valence-corrected chi connectivity index (χ4v) is 4.59. The molecule has 0 bridgehead atoms. The fourth-order valence-electron chi connectivity index (χ4n) is 3.27. The molecule has 7 nitrogen and oxygen atoms in total. The van der Waals surface area contributed by atoms with Gasteiger partial charge in [-0.15, -0.1) is 22.7 Å². The first-order chi connectivity index (χ1) is 15.0. The number of fused-ring (bicyclic) bond motifs is 1. The summed E-state index contributed by atoms with van der Waals surface area (Å²) < 4.78 is 0. The normalized spacial score (nSPS) is 12.2. The third-order valence-corrected chi connectivity index (χ3v) is 6.31. The third kappa shape index (κ3) is 5.36. The lowest BCUT2D eigenvalue weighted by Gasteiger charge is -2.18. The molecular weight excluding hydrogens is 430 g/mol. The van der Waals surface area contributed by atoms with Crippen molar-refractivity contribution in [2.24, 2.45) is 5.92 Å². The molecule has 160 valence electrons. The highest BCUT2D eigenvalue weighted by molar-refractivity contribution is 7.14. The maximum atomic E-state index is 12.7. The summed E-state index contributed by atoms with van der Waals surface area (Å²) in [6.07, 6.45) is 0.908. The number of carbonyl (C=O) groups excluding carboxylic acids is 2. The van der Waals surface area contributed by atoms with Gasteiger partial charge in [0.25, 0.3) is 5.91 Å². The number of imidazole rings is 1. The minimum Gasteiger partial charge on any atom is -0.346 e. The van der Waals surface area contributed by atoms with E-state index in [2.05, 4.69) is 39.4 Å². The van der Waals surface area contributed by atoms with Crippen molar-refractivity contribution in [1.29, 1.82) is 0 Å². The number of carbonyl (C=O) groups is 2. The van der Waals surface area contributed by atoms with Crippen molar-refractivity contribution < 1.29 is 9.59 Å². The Kier molecular flexibility index (Phi) is 6.43. The van der Waals surface area contributed by atoms with Crippen LogP contribution in [0.3, 0.4) is 0 Å². The van der Waals surface area contributed by atoms with Crippen LogP contribution in [0.25, 0.3) is 11.0 Å². The number of nitrogens with one attached hydrogen (secondary N) is 3. The van der Waals surface area contributed by atoms with Crippen LogP contribution < -0.4 is 10.6 Å². The zero-order chi connectivity index (χ0) is 21.8. The molecule has 0 aliphatic heterocycles. The average molecular weight is 454 g/mol. The van der Waals surface area contributed by atoms with Gasteiger partial charge in [-0.05, 0) is 35.9 Å². The molecule has 3 heterocycles. The maximum absolute atomic E-state index is 12.7. The first-order valence-electron chi connectivity index (χ1n) is 10.0. The van der Waals surface area contributed by atoms with Gasteiger partial charge in [0.1, 0.15) is 5.82 Å². The number of nitrogens with zero attached hydrogens (tertiary/aromatic N) is 2. The van der Waals surface area contributed by atoms with E-state index in [0.717, 1.165) is 23.3 Å². The number of hydrogen-bond acceptors (Lipinski definition) is 6. The number of anilines is 1. The van der Waals surface area contributed by atoms with Gasteiger partial charge in [0.05, 0.1) is 34.1 Å². The first-order valence-corrected chi connectivity index (χ1v) is 11.8. The molecule has 0 saturated heterocycles. The van der Waals surface area contributed by atoms with E-state index < -0.39 is 0 Å². The van der Waals surface area contributed by atoms with Crippen LogP contribution in [0.15, 0.2) is 47.2 Å². The minimum atomic E-state index is -0.212. The van der Waals surface area contributed by atoms with Crippen molar-refractivity contribution in [3.05, 3.63) is 63.6 Å². The highest BCUT2D eigenvalue weighted by atomic mass is 32.1. The average Bonchev–Trinajstić information content (AvgIpc) is 3.47. The second-order valence-corrected chi connectivity index (χ2v) is 9.45. The molecule has 0 aliphatic rings. The minimum absolute atomic E-state index is 0.132. The molecular formula is C22H23N5O2S2. The van der Waals surface area contributed by atoms with Crippen molar-refractivity contribution in [3.8, 4) is 0 Å². The molecule has 1 unspecified atom stereocenters. The molecule has 3 aromatic heterocycles. The Hall–Kier alpha value is -3.04. The Morgan fingerprint density at radius 2 is 1.94 bits per heavy atom. The lowest BCUT2D eigenvalue weighted by Crippen LogP contribution is -2.31. The third-order valence-electron chi connectivity index (χ3n) is 4.64. The molecule has 4 aromatic rings. The topological polar surface area (TPSA) is 99.8 Å². The van der Waals surface area contributed by atoms with E-state index in [-0.39, 0.29) is 24.3 Å². The Labute approximate surface area is 187 Å². The van der Waals surface area contributed by atoms with Crippen LogP contribution in [0.5, 0.6) is 0 Å². The number of hydrogen-bond donors (Lipinski definition) is 3. The molecule has 3 N–H and O–H groups in total. The van der Waals surface area contributed by atoms with Gasteiger partial charge in [0, 0.05) is 5.38 Å². The van der Waals surface area contributed by atoms with Crippen LogP contribution in [0.4, 0.5) is 5.13 Å². The van der Waals surface area contributed by atoms with Gasteiger partial charge in [0.15, 0.2) is 5.13 Å². The van der Waals surface area contributed by atoms with E-state index in [9.17, 15) is 9.59 Å². The van der Waals surface area contributed by atoms with Crippen molar-refractivity contribution >= 4 is 50.7 Å². The number of rotatable bonds is 8. The number of thiazole rings is 1. The predicted octanol–water partition coefficient (Wildman–Crippen LogP) is 4.78. The number of aromatic amines is 1. The van der Waals surface area contributed by atoms with E-state index >= 15 is 0 Å². The largest absolute Gasteiger partial charge is 0.346 e. The molecule has 0 radical (unpaired) electrons. The van der Waals surface area contributed by atoms with Crippen LogP contribution in [-0.2, 0) is 11.2 Å². The number of amides is 2. The fraction of sp³-hybridized carbons (Fsp3) is 0.273. The molecule has 0 saturated carbocycles. The van der Waals surface area contributed by atoms with Gasteiger partial charge in [-0.3, -0.25) is 14.9 Å². The van der Waals surface area contributed by atoms with Crippen LogP contribution in [-0.4, -0.2) is 26.8 Å². The Bertz CT molecular complexity index is 1150. The smallest absolute Gasteiger partial charge is 0.267 e. The van der Waals surface area contributed by atoms with Crippen LogP contribution in [0.1, 0.15) is 47.5 Å². The van der Waals surface area contributed by atoms with Crippen LogP contribution in [0.2, 0.25) is 0 Å². The van der Waals surface area contributed by atoms with Crippen LogP contribution in [0, 0.1) is 5.92 Å². The number of benzene rings is 1. The summed E-state index contributed by atoms with van der Waals surface area (Å²) in [6.45, 7) is 4.23. The van der Waals surface area contributed by atoms with Gasteiger partial charge in [-0.25, -0.2) is 9.97 Å². The zero-order valence-corrected chi connectivity index (χ0v) is 18.8. The number of para-hydroxylation sites is 2. The number of H-pyrrole nitrogens is 1. The van der Waals surface area contributed by atoms with Gasteiger partial charge >= 0.3 is 0 Å². The summed E-state index contributed by atoms with van der Waals surface area (Å²) in [6, 6.07) is 11.2. The molecule has 9 heteroatoms. The molecule has 1 aromatic carbocycles. The second kappa shape index (κ2) is 9.40. The van der Waals surface area contributed by atoms with Gasteiger partial charge in [-0.1, -0.05) is 32.0 Å². The summed E-state index contributed by atoms with van der Waals surface area (Å²) in [5, 5.41) is 10.00. The molecule has 0 spiro atoms. The summed E-state index contributed by atoms with van der Waals surface area (Å²) >= 11 is 2.68. The van der Waals surface area contributed by atoms with Crippen molar-refractivity contribution in [2.75, 3.05) is 5.32 Å². The van der Waals surface area contributed by atoms with Gasteiger partial charge in [0.2, 0.25) is 5.91 Å². The Morgan fingerprint density at radius 3 is 2.68 bits per heavy atom. The predicted molar refractivity (Wildman–Crippen MR) is 125 cm³/mol. The molecule has 0 aliphatic carbocycles. The second-order valence-electron chi connectivity index (χ2n) is 7.64. The monoisotopic (exact) mass is 453 g/mol.